The summed E-state index contributed by atoms with van der Waals surface area (Å²) >= 11 is 0. The lowest BCUT2D eigenvalue weighted by atomic mass is 10.2. The molecule has 0 heterocycles. The number of aromatic hydroxyl groups is 1. The normalized spacial score (nSPS) is 10.5. The molecule has 6 nitrogen and oxygen atoms in total. The first kappa shape index (κ1) is 15.4. The second-order valence-corrected chi connectivity index (χ2v) is 4.33. The van der Waals surface area contributed by atoms with Crippen molar-refractivity contribution in [3.05, 3.63) is 53.6 Å². The van der Waals surface area contributed by atoms with Crippen molar-refractivity contribution < 1.29 is 19.4 Å². The maximum absolute atomic E-state index is 11.9. The molecule has 0 saturated heterocycles. The lowest BCUT2D eigenvalue weighted by Crippen LogP contribution is -2.17. The topological polar surface area (TPSA) is 80.2 Å². The van der Waals surface area contributed by atoms with Crippen molar-refractivity contribution in [2.45, 2.75) is 0 Å². The molecule has 114 valence electrons. The van der Waals surface area contributed by atoms with Gasteiger partial charge in [0.1, 0.15) is 5.75 Å². The van der Waals surface area contributed by atoms with Gasteiger partial charge in [-0.1, -0.05) is 6.07 Å². The molecule has 0 aliphatic carbocycles. The molecule has 0 bridgehead atoms. The Bertz CT molecular complexity index is 681. The quantitative estimate of drug-likeness (QED) is 0.655. The Morgan fingerprint density at radius 2 is 1.86 bits per heavy atom. The second-order valence-electron chi connectivity index (χ2n) is 4.33. The summed E-state index contributed by atoms with van der Waals surface area (Å²) in [6.45, 7) is 0. The maximum atomic E-state index is 11.9. The summed E-state index contributed by atoms with van der Waals surface area (Å²) in [7, 11) is 3.02. The van der Waals surface area contributed by atoms with E-state index in [2.05, 4.69) is 10.5 Å². The van der Waals surface area contributed by atoms with Crippen LogP contribution in [0.1, 0.15) is 15.9 Å². The van der Waals surface area contributed by atoms with Crippen molar-refractivity contribution in [3.8, 4) is 17.2 Å². The Kier molecular flexibility index (Phi) is 4.98. The molecule has 0 saturated carbocycles. The van der Waals surface area contributed by atoms with Crippen LogP contribution < -0.4 is 14.9 Å². The van der Waals surface area contributed by atoms with E-state index in [0.717, 1.165) is 0 Å². The summed E-state index contributed by atoms with van der Waals surface area (Å²) in [5, 5.41) is 13.7. The van der Waals surface area contributed by atoms with E-state index in [1.807, 2.05) is 0 Å². The molecule has 1 amide bonds. The largest absolute Gasteiger partial charge is 0.504 e. The molecule has 0 atom stereocenters. The second kappa shape index (κ2) is 7.12. The molecule has 0 aliphatic heterocycles. The van der Waals surface area contributed by atoms with Crippen LogP contribution in [0.2, 0.25) is 0 Å². The van der Waals surface area contributed by atoms with E-state index in [0.29, 0.717) is 22.6 Å². The molecule has 0 unspecified atom stereocenters. The van der Waals surface area contributed by atoms with Gasteiger partial charge in [0, 0.05) is 11.1 Å². The van der Waals surface area contributed by atoms with Crippen LogP contribution in [0.25, 0.3) is 0 Å². The molecule has 0 fully saturated rings. The minimum atomic E-state index is -0.360. The number of nitrogens with zero attached hydrogens (tertiary/aromatic N) is 1. The molecule has 6 heteroatoms. The molecule has 0 radical (unpaired) electrons. The minimum absolute atomic E-state index is 0.0348. The van der Waals surface area contributed by atoms with Gasteiger partial charge < -0.3 is 14.6 Å². The van der Waals surface area contributed by atoms with Crippen LogP contribution in [0, 0.1) is 0 Å². The van der Waals surface area contributed by atoms with Gasteiger partial charge in [-0.25, -0.2) is 5.43 Å². The summed E-state index contributed by atoms with van der Waals surface area (Å²) in [4.78, 5) is 11.9. The molecular weight excluding hydrogens is 284 g/mol. The zero-order valence-corrected chi connectivity index (χ0v) is 12.2. The first-order valence-corrected chi connectivity index (χ1v) is 6.49. The summed E-state index contributed by atoms with van der Waals surface area (Å²) in [6.07, 6.45) is 1.35. The highest BCUT2D eigenvalue weighted by Gasteiger charge is 2.06. The third kappa shape index (κ3) is 3.54. The molecular formula is C16H16N2O4. The highest BCUT2D eigenvalue weighted by atomic mass is 16.5. The fourth-order valence-corrected chi connectivity index (χ4v) is 1.78. The van der Waals surface area contributed by atoms with Crippen molar-refractivity contribution in [2.75, 3.05) is 14.2 Å². The number of hydrazone groups is 1. The molecule has 2 rings (SSSR count). The molecule has 0 aromatic heterocycles. The van der Waals surface area contributed by atoms with Crippen LogP contribution in [-0.4, -0.2) is 31.4 Å². The van der Waals surface area contributed by atoms with E-state index in [1.54, 1.807) is 49.6 Å². The Balaban J connectivity index is 2.04. The number of para-hydroxylation sites is 1. The Hall–Kier alpha value is -3.02. The number of rotatable bonds is 5. The minimum Gasteiger partial charge on any atom is -0.504 e. The van der Waals surface area contributed by atoms with E-state index < -0.39 is 0 Å². The zero-order valence-electron chi connectivity index (χ0n) is 12.2. The molecule has 2 N–H and O–H groups in total. The van der Waals surface area contributed by atoms with Crippen LogP contribution in [-0.2, 0) is 0 Å². The van der Waals surface area contributed by atoms with Crippen molar-refractivity contribution in [1.82, 2.24) is 5.43 Å². The van der Waals surface area contributed by atoms with E-state index in [-0.39, 0.29) is 11.7 Å². The standard InChI is InChI=1S/C16H16N2O4/c1-21-13-8-6-11(7-9-13)16(20)18-17-10-12-4-3-5-14(22-2)15(12)19/h3-10,19H,1-2H3,(H,18,20)/b17-10+. The number of phenolic OH excluding ortho intramolecular Hbond substituents is 1. The fraction of sp³-hybridized carbons (Fsp3) is 0.125. The highest BCUT2D eigenvalue weighted by molar-refractivity contribution is 5.95. The average molecular weight is 300 g/mol. The predicted octanol–water partition coefficient (Wildman–Crippen LogP) is 2.17. The van der Waals surface area contributed by atoms with Crippen molar-refractivity contribution in [3.63, 3.8) is 0 Å². The van der Waals surface area contributed by atoms with Crippen LogP contribution in [0.3, 0.4) is 0 Å². The van der Waals surface area contributed by atoms with Crippen LogP contribution >= 0.6 is 0 Å². The first-order valence-electron chi connectivity index (χ1n) is 6.49. The van der Waals surface area contributed by atoms with Gasteiger partial charge in [0.15, 0.2) is 11.5 Å². The smallest absolute Gasteiger partial charge is 0.271 e. The Morgan fingerprint density at radius 3 is 2.50 bits per heavy atom. The number of amides is 1. The third-order valence-corrected chi connectivity index (χ3v) is 2.97. The number of carbonyl (C=O) groups excluding carboxylic acids is 1. The predicted molar refractivity (Wildman–Crippen MR) is 82.7 cm³/mol. The molecule has 0 aliphatic rings. The van der Waals surface area contributed by atoms with Gasteiger partial charge in [0.05, 0.1) is 20.4 Å². The Morgan fingerprint density at radius 1 is 1.14 bits per heavy atom. The van der Waals surface area contributed by atoms with Gasteiger partial charge in [0.25, 0.3) is 5.91 Å². The van der Waals surface area contributed by atoms with E-state index in [9.17, 15) is 9.90 Å². The van der Waals surface area contributed by atoms with E-state index >= 15 is 0 Å². The number of carbonyl (C=O) groups is 1. The summed E-state index contributed by atoms with van der Waals surface area (Å²) in [5.41, 5.74) is 3.28. The summed E-state index contributed by atoms with van der Waals surface area (Å²) < 4.78 is 10.0. The number of hydrogen-bond donors (Lipinski definition) is 2. The van der Waals surface area contributed by atoms with Crippen molar-refractivity contribution in [1.29, 1.82) is 0 Å². The maximum Gasteiger partial charge on any atom is 0.271 e. The molecule has 0 spiro atoms. The Labute approximate surface area is 128 Å². The fourth-order valence-electron chi connectivity index (χ4n) is 1.78. The van der Waals surface area contributed by atoms with Gasteiger partial charge in [-0.05, 0) is 36.4 Å². The number of nitrogens with one attached hydrogen (secondary N) is 1. The molecule has 22 heavy (non-hydrogen) atoms. The lowest BCUT2D eigenvalue weighted by molar-refractivity contribution is 0.0955. The van der Waals surface area contributed by atoms with Crippen LogP contribution in [0.15, 0.2) is 47.6 Å². The van der Waals surface area contributed by atoms with Crippen LogP contribution in [0.5, 0.6) is 17.2 Å². The van der Waals surface area contributed by atoms with Gasteiger partial charge in [-0.3, -0.25) is 4.79 Å². The number of methoxy groups -OCH3 is 2. The third-order valence-electron chi connectivity index (χ3n) is 2.97. The van der Waals surface area contributed by atoms with Crippen molar-refractivity contribution in [2.24, 2.45) is 5.10 Å². The van der Waals surface area contributed by atoms with Gasteiger partial charge in [-0.2, -0.15) is 5.10 Å². The molecule has 2 aromatic rings. The number of phenols is 1. The summed E-state index contributed by atoms with van der Waals surface area (Å²) in [6, 6.07) is 11.6. The van der Waals surface area contributed by atoms with Gasteiger partial charge in [0.2, 0.25) is 0 Å². The SMILES string of the molecule is COc1ccc(C(=O)N/N=C/c2cccc(OC)c2O)cc1. The van der Waals surface area contributed by atoms with Gasteiger partial charge in [-0.15, -0.1) is 0 Å². The van der Waals surface area contributed by atoms with Crippen molar-refractivity contribution >= 4 is 12.1 Å². The average Bonchev–Trinajstić information content (AvgIpc) is 2.56. The number of benzene rings is 2. The molecule has 2 aromatic carbocycles. The zero-order chi connectivity index (χ0) is 15.9. The summed E-state index contributed by atoms with van der Waals surface area (Å²) in [5.74, 6) is 0.612. The highest BCUT2D eigenvalue weighted by Crippen LogP contribution is 2.27. The number of ether oxygens (including phenoxy) is 2. The lowest BCUT2D eigenvalue weighted by Gasteiger charge is -2.05. The van der Waals surface area contributed by atoms with Crippen LogP contribution in [0.4, 0.5) is 0 Å². The first-order chi connectivity index (χ1) is 10.7. The van der Waals surface area contributed by atoms with E-state index in [4.69, 9.17) is 9.47 Å². The van der Waals surface area contributed by atoms with Gasteiger partial charge >= 0.3 is 0 Å². The monoisotopic (exact) mass is 300 g/mol. The van der Waals surface area contributed by atoms with E-state index in [1.165, 1.54) is 13.3 Å². The number of hydrogen-bond acceptors (Lipinski definition) is 5.